The number of aromatic nitrogens is 1. The second kappa shape index (κ2) is 6.26. The second-order valence-corrected chi connectivity index (χ2v) is 6.85. The Balaban J connectivity index is 2.81. The summed E-state index contributed by atoms with van der Waals surface area (Å²) in [6.45, 7) is 2.91. The molecule has 0 radical (unpaired) electrons. The molecule has 0 saturated carbocycles. The first-order valence-corrected chi connectivity index (χ1v) is 7.89. The number of likely N-dealkylation sites (N-methyl/N-ethyl adjacent to an activating group) is 1. The summed E-state index contributed by atoms with van der Waals surface area (Å²) >= 11 is 0. The van der Waals surface area contributed by atoms with Crippen LogP contribution in [0.25, 0.3) is 0 Å². The van der Waals surface area contributed by atoms with Crippen LogP contribution >= 0.6 is 0 Å². The van der Waals surface area contributed by atoms with E-state index in [1.165, 1.54) is 6.26 Å². The van der Waals surface area contributed by atoms with E-state index in [0.29, 0.717) is 13.1 Å². The van der Waals surface area contributed by atoms with Crippen molar-refractivity contribution in [1.29, 1.82) is 0 Å². The second-order valence-electron chi connectivity index (χ2n) is 4.59. The minimum atomic E-state index is -2.95. The number of pyridine rings is 1. The molecule has 1 aromatic rings. The highest BCUT2D eigenvalue weighted by Gasteiger charge is 2.18. The quantitative estimate of drug-likeness (QED) is 0.809. The highest BCUT2D eigenvalue weighted by molar-refractivity contribution is 7.90. The summed E-state index contributed by atoms with van der Waals surface area (Å²) in [4.78, 5) is 6.07. The van der Waals surface area contributed by atoms with E-state index in [-0.39, 0.29) is 11.8 Å². The van der Waals surface area contributed by atoms with E-state index in [9.17, 15) is 8.42 Å². The van der Waals surface area contributed by atoms with Crippen LogP contribution in [-0.4, -0.2) is 50.4 Å². The number of rotatable bonds is 6. The first-order chi connectivity index (χ1) is 8.35. The molecule has 1 atom stereocenters. The molecule has 2 N–H and O–H groups in total. The lowest BCUT2D eigenvalue weighted by molar-refractivity contribution is 0.263. The normalized spacial score (nSPS) is 13.8. The number of hydrogen-bond acceptors (Lipinski definition) is 5. The first kappa shape index (κ1) is 15.1. The molecule has 0 aliphatic rings. The molecule has 1 unspecified atom stereocenters. The Hall–Kier alpha value is -0.980. The first-order valence-electron chi connectivity index (χ1n) is 5.83. The molecule has 0 fully saturated rings. The van der Waals surface area contributed by atoms with Crippen molar-refractivity contribution in [3.05, 3.63) is 29.6 Å². The van der Waals surface area contributed by atoms with Gasteiger partial charge in [0.15, 0.2) is 0 Å². The Morgan fingerprint density at radius 2 is 2.17 bits per heavy atom. The van der Waals surface area contributed by atoms with E-state index in [1.807, 2.05) is 24.9 Å². The molecule has 0 saturated heterocycles. The van der Waals surface area contributed by atoms with Gasteiger partial charge in [0, 0.05) is 37.8 Å². The Morgan fingerprint density at radius 1 is 1.50 bits per heavy atom. The third kappa shape index (κ3) is 4.36. The zero-order valence-corrected chi connectivity index (χ0v) is 11.9. The van der Waals surface area contributed by atoms with Crippen LogP contribution in [0, 0.1) is 6.92 Å². The van der Waals surface area contributed by atoms with Gasteiger partial charge in [0.1, 0.15) is 9.84 Å². The van der Waals surface area contributed by atoms with Crippen molar-refractivity contribution in [3.63, 3.8) is 0 Å². The molecule has 0 amide bonds. The van der Waals surface area contributed by atoms with Gasteiger partial charge < -0.3 is 5.73 Å². The Bertz CT molecular complexity index is 488. The zero-order chi connectivity index (χ0) is 13.8. The minimum absolute atomic E-state index is 0.000417. The average Bonchev–Trinajstić information content (AvgIpc) is 2.29. The molecule has 0 aromatic carbocycles. The summed E-state index contributed by atoms with van der Waals surface area (Å²) in [5.74, 6) is 0.138. The van der Waals surface area contributed by atoms with Crippen molar-refractivity contribution in [1.82, 2.24) is 9.88 Å². The SMILES string of the molecule is Cc1ccncc1C(CN)N(C)CCS(C)(=O)=O. The van der Waals surface area contributed by atoms with Gasteiger partial charge in [0.25, 0.3) is 0 Å². The number of aryl methyl sites for hydroxylation is 1. The highest BCUT2D eigenvalue weighted by Crippen LogP contribution is 2.20. The van der Waals surface area contributed by atoms with Crippen LogP contribution in [0.3, 0.4) is 0 Å². The molecule has 18 heavy (non-hydrogen) atoms. The summed E-state index contributed by atoms with van der Waals surface area (Å²) in [5.41, 5.74) is 7.96. The topological polar surface area (TPSA) is 76.3 Å². The maximum Gasteiger partial charge on any atom is 0.148 e. The standard InChI is InChI=1S/C12H21N3O2S/c1-10-4-5-14-9-11(10)12(8-13)15(2)6-7-18(3,16)17/h4-5,9,12H,6-8,13H2,1-3H3. The molecule has 0 spiro atoms. The predicted molar refractivity (Wildman–Crippen MR) is 73.1 cm³/mol. The number of nitrogens with zero attached hydrogens (tertiary/aromatic N) is 2. The molecule has 5 nitrogen and oxygen atoms in total. The van der Waals surface area contributed by atoms with Crippen LogP contribution < -0.4 is 5.73 Å². The molecule has 6 heteroatoms. The van der Waals surface area contributed by atoms with Gasteiger partial charge in [-0.1, -0.05) is 0 Å². The van der Waals surface area contributed by atoms with E-state index in [2.05, 4.69) is 4.98 Å². The molecular weight excluding hydrogens is 250 g/mol. The molecule has 1 rings (SSSR count). The van der Waals surface area contributed by atoms with E-state index >= 15 is 0 Å². The molecule has 0 bridgehead atoms. The summed E-state index contributed by atoms with van der Waals surface area (Å²) < 4.78 is 22.4. The van der Waals surface area contributed by atoms with Crippen molar-refractivity contribution in [2.24, 2.45) is 5.73 Å². The lowest BCUT2D eigenvalue weighted by Gasteiger charge is -2.27. The van der Waals surface area contributed by atoms with Gasteiger partial charge in [-0.05, 0) is 31.2 Å². The van der Waals surface area contributed by atoms with Crippen LogP contribution in [0.15, 0.2) is 18.5 Å². The van der Waals surface area contributed by atoms with E-state index in [1.54, 1.807) is 12.4 Å². The Labute approximate surface area is 109 Å². The van der Waals surface area contributed by atoms with Gasteiger partial charge in [0.05, 0.1) is 5.75 Å². The lowest BCUT2D eigenvalue weighted by Crippen LogP contribution is -2.34. The van der Waals surface area contributed by atoms with Crippen molar-refractivity contribution in [3.8, 4) is 0 Å². The lowest BCUT2D eigenvalue weighted by atomic mass is 10.0. The largest absolute Gasteiger partial charge is 0.329 e. The Kier molecular flexibility index (Phi) is 5.25. The summed E-state index contributed by atoms with van der Waals surface area (Å²) in [7, 11) is -1.07. The van der Waals surface area contributed by atoms with Crippen molar-refractivity contribution in [2.45, 2.75) is 13.0 Å². The Morgan fingerprint density at radius 3 is 2.67 bits per heavy atom. The minimum Gasteiger partial charge on any atom is -0.329 e. The maximum atomic E-state index is 11.2. The summed E-state index contributed by atoms with van der Waals surface area (Å²) in [6.07, 6.45) is 4.78. The number of hydrogen-bond donors (Lipinski definition) is 1. The molecule has 1 heterocycles. The maximum absolute atomic E-state index is 11.2. The molecule has 0 aliphatic carbocycles. The molecule has 1 aromatic heterocycles. The van der Waals surface area contributed by atoms with Gasteiger partial charge in [0.2, 0.25) is 0 Å². The van der Waals surface area contributed by atoms with E-state index in [0.717, 1.165) is 11.1 Å². The van der Waals surface area contributed by atoms with Crippen LogP contribution in [-0.2, 0) is 9.84 Å². The molecule has 0 aliphatic heterocycles. The van der Waals surface area contributed by atoms with Gasteiger partial charge in [-0.15, -0.1) is 0 Å². The van der Waals surface area contributed by atoms with Crippen molar-refractivity contribution in [2.75, 3.05) is 32.1 Å². The smallest absolute Gasteiger partial charge is 0.148 e. The predicted octanol–water partition coefficient (Wildman–Crippen LogP) is 0.366. The van der Waals surface area contributed by atoms with Crippen molar-refractivity contribution < 1.29 is 8.42 Å². The average molecular weight is 271 g/mol. The van der Waals surface area contributed by atoms with Gasteiger partial charge >= 0.3 is 0 Å². The monoisotopic (exact) mass is 271 g/mol. The highest BCUT2D eigenvalue weighted by atomic mass is 32.2. The zero-order valence-electron chi connectivity index (χ0n) is 11.1. The fourth-order valence-corrected chi connectivity index (χ4v) is 2.45. The van der Waals surface area contributed by atoms with Crippen LogP contribution in [0.4, 0.5) is 0 Å². The third-order valence-corrected chi connectivity index (χ3v) is 3.93. The van der Waals surface area contributed by atoms with Gasteiger partial charge in [-0.2, -0.15) is 0 Å². The third-order valence-electron chi connectivity index (χ3n) is 3.01. The molecular formula is C12H21N3O2S. The number of sulfone groups is 1. The fourth-order valence-electron chi connectivity index (χ4n) is 1.84. The summed E-state index contributed by atoms with van der Waals surface area (Å²) in [5, 5.41) is 0. The molecule has 102 valence electrons. The van der Waals surface area contributed by atoms with Gasteiger partial charge in [-0.3, -0.25) is 9.88 Å². The van der Waals surface area contributed by atoms with E-state index in [4.69, 9.17) is 5.73 Å². The van der Waals surface area contributed by atoms with Crippen LogP contribution in [0.2, 0.25) is 0 Å². The van der Waals surface area contributed by atoms with Crippen LogP contribution in [0.5, 0.6) is 0 Å². The van der Waals surface area contributed by atoms with Crippen molar-refractivity contribution >= 4 is 9.84 Å². The fraction of sp³-hybridized carbons (Fsp3) is 0.583. The summed E-state index contributed by atoms with van der Waals surface area (Å²) in [6, 6.07) is 1.93. The number of nitrogens with two attached hydrogens (primary N) is 1. The van der Waals surface area contributed by atoms with E-state index < -0.39 is 9.84 Å². The van der Waals surface area contributed by atoms with Crippen LogP contribution in [0.1, 0.15) is 17.2 Å². The van der Waals surface area contributed by atoms with Gasteiger partial charge in [-0.25, -0.2) is 8.42 Å².